The molecule has 8 nitrogen and oxygen atoms in total. The molecule has 0 radical (unpaired) electrons. The largest absolute Gasteiger partial charge is 0.454 e. The van der Waals surface area contributed by atoms with Crippen molar-refractivity contribution < 1.29 is 23.9 Å². The maximum atomic E-state index is 13.0. The van der Waals surface area contributed by atoms with Crippen LogP contribution in [-0.4, -0.2) is 43.0 Å². The highest BCUT2D eigenvalue weighted by molar-refractivity contribution is 5.96. The topological polar surface area (TPSA) is 114 Å². The van der Waals surface area contributed by atoms with Gasteiger partial charge in [-0.25, -0.2) is 9.59 Å². The van der Waals surface area contributed by atoms with Crippen molar-refractivity contribution >= 4 is 23.8 Å². The van der Waals surface area contributed by atoms with Crippen molar-refractivity contribution in [1.29, 1.82) is 0 Å². The van der Waals surface area contributed by atoms with E-state index in [4.69, 9.17) is 4.74 Å². The van der Waals surface area contributed by atoms with E-state index in [0.29, 0.717) is 30.2 Å². The van der Waals surface area contributed by atoms with Crippen LogP contribution in [-0.2, 0) is 19.1 Å². The first-order valence-corrected chi connectivity index (χ1v) is 11.2. The predicted molar refractivity (Wildman–Crippen MR) is 110 cm³/mol. The van der Waals surface area contributed by atoms with Gasteiger partial charge in [-0.1, -0.05) is 13.8 Å². The molecule has 0 saturated heterocycles. The molecule has 4 aliphatic carbocycles. The number of urea groups is 1. The lowest BCUT2D eigenvalue weighted by atomic mass is 9.49. The van der Waals surface area contributed by atoms with Crippen molar-refractivity contribution in [3.63, 3.8) is 0 Å². The van der Waals surface area contributed by atoms with Crippen LogP contribution in [0.1, 0.15) is 65.7 Å². The molecule has 4 bridgehead atoms. The van der Waals surface area contributed by atoms with Gasteiger partial charge >= 0.3 is 12.0 Å². The molecule has 0 aliphatic heterocycles. The maximum Gasteiger partial charge on any atom is 0.328 e. The van der Waals surface area contributed by atoms with E-state index in [9.17, 15) is 19.2 Å². The molecule has 0 heterocycles. The Morgan fingerprint density at radius 1 is 0.967 bits per heavy atom. The van der Waals surface area contributed by atoms with E-state index in [0.717, 1.165) is 25.7 Å². The monoisotopic (exact) mass is 421 g/mol. The average molecular weight is 422 g/mol. The summed E-state index contributed by atoms with van der Waals surface area (Å²) in [6.07, 6.45) is 7.28. The molecule has 30 heavy (non-hydrogen) atoms. The third-order valence-corrected chi connectivity index (χ3v) is 6.83. The van der Waals surface area contributed by atoms with E-state index in [-0.39, 0.29) is 11.3 Å². The zero-order valence-corrected chi connectivity index (χ0v) is 18.3. The van der Waals surface area contributed by atoms with E-state index in [1.165, 1.54) is 19.3 Å². The first kappa shape index (κ1) is 22.6. The van der Waals surface area contributed by atoms with Crippen LogP contribution in [0.5, 0.6) is 0 Å². The third-order valence-electron chi connectivity index (χ3n) is 6.83. The molecule has 0 aromatic carbocycles. The van der Waals surface area contributed by atoms with Crippen LogP contribution in [0.4, 0.5) is 4.79 Å². The molecule has 4 saturated carbocycles. The minimum Gasteiger partial charge on any atom is -0.454 e. The highest BCUT2D eigenvalue weighted by Crippen LogP contribution is 2.60. The summed E-state index contributed by atoms with van der Waals surface area (Å²) in [5.41, 5.74) is -0.339. The summed E-state index contributed by atoms with van der Waals surface area (Å²) in [5.74, 6) is 0.921. The molecule has 0 unspecified atom stereocenters. The molecule has 8 heteroatoms. The van der Waals surface area contributed by atoms with Gasteiger partial charge in [0, 0.05) is 12.0 Å². The molecular formula is C22H35N3O5. The Hall–Kier alpha value is -2.12. The fourth-order valence-electron chi connectivity index (χ4n) is 5.74. The highest BCUT2D eigenvalue weighted by Gasteiger charge is 2.54. The quantitative estimate of drug-likeness (QED) is 0.520. The van der Waals surface area contributed by atoms with Gasteiger partial charge in [0.25, 0.3) is 5.91 Å². The second-order valence-electron chi connectivity index (χ2n) is 9.99. The average Bonchev–Trinajstić information content (AvgIpc) is 2.64. The first-order valence-electron chi connectivity index (χ1n) is 11.2. The van der Waals surface area contributed by atoms with E-state index >= 15 is 0 Å². The predicted octanol–water partition coefficient (Wildman–Crippen LogP) is 2.12. The van der Waals surface area contributed by atoms with Gasteiger partial charge < -0.3 is 15.4 Å². The van der Waals surface area contributed by atoms with E-state index in [1.807, 2.05) is 13.8 Å². The molecule has 168 valence electrons. The normalized spacial score (nSPS) is 29.9. The van der Waals surface area contributed by atoms with Crippen molar-refractivity contribution in [1.82, 2.24) is 16.0 Å². The molecule has 4 aliphatic rings. The van der Waals surface area contributed by atoms with Gasteiger partial charge in [-0.3, -0.25) is 14.9 Å². The summed E-state index contributed by atoms with van der Waals surface area (Å²) >= 11 is 0. The Balaban J connectivity index is 1.39. The first-order chi connectivity index (χ1) is 14.2. The van der Waals surface area contributed by atoms with Gasteiger partial charge in [0.15, 0.2) is 6.61 Å². The lowest BCUT2D eigenvalue weighted by molar-refractivity contribution is -0.155. The Kier molecular flexibility index (Phi) is 7.03. The molecule has 4 rings (SSSR count). The van der Waals surface area contributed by atoms with Crippen LogP contribution < -0.4 is 16.0 Å². The third kappa shape index (κ3) is 5.52. The molecule has 0 aromatic rings. The summed E-state index contributed by atoms with van der Waals surface area (Å²) < 4.78 is 4.98. The van der Waals surface area contributed by atoms with Gasteiger partial charge in [0.05, 0.1) is 0 Å². The van der Waals surface area contributed by atoms with Gasteiger partial charge in [0.1, 0.15) is 6.04 Å². The smallest absolute Gasteiger partial charge is 0.328 e. The van der Waals surface area contributed by atoms with Crippen molar-refractivity contribution in [3.8, 4) is 0 Å². The Morgan fingerprint density at radius 2 is 1.53 bits per heavy atom. The molecule has 0 aromatic heterocycles. The number of rotatable bonds is 8. The van der Waals surface area contributed by atoms with Gasteiger partial charge in [-0.2, -0.15) is 0 Å². The SMILES string of the molecule is CC(C)CCNC(=O)NC(=O)COC(=O)[C@H](C)NC(=O)C12CC3CC(CC(C3)C1)C2. The number of ether oxygens (including phenoxy) is 1. The fraction of sp³-hybridized carbons (Fsp3) is 0.818. The van der Waals surface area contributed by atoms with E-state index < -0.39 is 30.6 Å². The number of carbonyl (C=O) groups is 4. The summed E-state index contributed by atoms with van der Waals surface area (Å²) in [6.45, 7) is 5.54. The summed E-state index contributed by atoms with van der Waals surface area (Å²) in [4.78, 5) is 48.6. The molecular weight excluding hydrogens is 386 g/mol. The molecule has 3 N–H and O–H groups in total. The van der Waals surface area contributed by atoms with Crippen LogP contribution in [0.3, 0.4) is 0 Å². The number of amides is 4. The van der Waals surface area contributed by atoms with Gasteiger partial charge in [-0.15, -0.1) is 0 Å². The molecule has 4 fully saturated rings. The number of nitrogens with one attached hydrogen (secondary N) is 3. The van der Waals surface area contributed by atoms with Crippen LogP contribution in [0.15, 0.2) is 0 Å². The minimum atomic E-state index is -0.835. The Morgan fingerprint density at radius 3 is 2.07 bits per heavy atom. The maximum absolute atomic E-state index is 13.0. The van der Waals surface area contributed by atoms with Crippen LogP contribution in [0.25, 0.3) is 0 Å². The highest BCUT2D eigenvalue weighted by atomic mass is 16.5. The zero-order valence-electron chi connectivity index (χ0n) is 18.3. The number of hydrogen-bond acceptors (Lipinski definition) is 5. The molecule has 1 atom stereocenters. The second-order valence-corrected chi connectivity index (χ2v) is 9.99. The van der Waals surface area contributed by atoms with Crippen LogP contribution >= 0.6 is 0 Å². The van der Waals surface area contributed by atoms with Crippen molar-refractivity contribution in [2.45, 2.75) is 71.8 Å². The summed E-state index contributed by atoms with van der Waals surface area (Å²) in [5, 5.41) is 7.52. The summed E-state index contributed by atoms with van der Waals surface area (Å²) in [6, 6.07) is -1.45. The number of hydrogen-bond donors (Lipinski definition) is 3. The number of carbonyl (C=O) groups excluding carboxylic acids is 4. The van der Waals surface area contributed by atoms with Crippen molar-refractivity contribution in [2.24, 2.45) is 29.1 Å². The van der Waals surface area contributed by atoms with Crippen LogP contribution in [0.2, 0.25) is 0 Å². The van der Waals surface area contributed by atoms with Crippen molar-refractivity contribution in [3.05, 3.63) is 0 Å². The summed E-state index contributed by atoms with van der Waals surface area (Å²) in [7, 11) is 0. The van der Waals surface area contributed by atoms with E-state index in [2.05, 4.69) is 16.0 Å². The number of imide groups is 1. The van der Waals surface area contributed by atoms with Gasteiger partial charge in [0.2, 0.25) is 5.91 Å². The lowest BCUT2D eigenvalue weighted by Gasteiger charge is -2.55. The zero-order chi connectivity index (χ0) is 21.9. The molecule has 0 spiro atoms. The number of esters is 1. The fourth-order valence-corrected chi connectivity index (χ4v) is 5.74. The lowest BCUT2D eigenvalue weighted by Crippen LogP contribution is -2.56. The van der Waals surface area contributed by atoms with Gasteiger partial charge in [-0.05, 0) is 75.5 Å². The Bertz CT molecular complexity index is 655. The van der Waals surface area contributed by atoms with E-state index in [1.54, 1.807) is 6.92 Å². The Labute approximate surface area is 178 Å². The second kappa shape index (κ2) is 9.35. The van der Waals surface area contributed by atoms with Crippen LogP contribution in [0, 0.1) is 29.1 Å². The van der Waals surface area contributed by atoms with Crippen molar-refractivity contribution in [2.75, 3.05) is 13.2 Å². The standard InChI is InChI=1S/C22H35N3O5/c1-13(2)4-5-23-21(29)25-18(26)12-30-19(27)14(3)24-20(28)22-9-15-6-16(10-22)8-17(7-15)11-22/h13-17H,4-12H2,1-3H3,(H,24,28)(H2,23,25,26,29)/t14-,15?,16?,17?,22?/m0/s1. The minimum absolute atomic E-state index is 0.0555. The molecule has 4 amide bonds.